The van der Waals surface area contributed by atoms with Crippen LogP contribution in [-0.2, 0) is 27.2 Å². The second-order valence-corrected chi connectivity index (χ2v) is 8.31. The topological polar surface area (TPSA) is 135 Å². The Morgan fingerprint density at radius 2 is 1.81 bits per heavy atom. The van der Waals surface area contributed by atoms with E-state index in [1.54, 1.807) is 26.8 Å². The van der Waals surface area contributed by atoms with Gasteiger partial charge in [0, 0.05) is 16.5 Å². The van der Waals surface area contributed by atoms with Gasteiger partial charge in [0.25, 0.3) is 5.91 Å². The molecule has 172 valence electrons. The second kappa shape index (κ2) is 9.84. The van der Waals surface area contributed by atoms with E-state index in [9.17, 15) is 19.2 Å². The van der Waals surface area contributed by atoms with E-state index < -0.39 is 23.8 Å². The summed E-state index contributed by atoms with van der Waals surface area (Å²) in [6.45, 7) is 4.40. The van der Waals surface area contributed by atoms with Crippen LogP contribution in [0.3, 0.4) is 0 Å². The van der Waals surface area contributed by atoms with Gasteiger partial charge in [-0.2, -0.15) is 0 Å². The summed E-state index contributed by atoms with van der Waals surface area (Å²) < 4.78 is 11.1. The minimum absolute atomic E-state index is 0.294. The fraction of sp³-hybridized carbons (Fsp3) is 0.478. The zero-order valence-electron chi connectivity index (χ0n) is 18.4. The highest BCUT2D eigenvalue weighted by Crippen LogP contribution is 2.32. The van der Waals surface area contributed by atoms with Crippen molar-refractivity contribution in [2.75, 3.05) is 13.2 Å². The standard InChI is InChI=1S/C23H28N2O7/c1-12(2)20(22(28)29)25-18(26)10-24-19(27)11-31-17-9-8-15-14-6-4-5-7-16(14)23(30)32-21(15)13(17)3/h8-9,12,20H,4-7,10-11H2,1-3H3,(H,24,27)(H,25,26)(H,28,29)/t20-/m1/s1. The van der Waals surface area contributed by atoms with Crippen LogP contribution in [0.4, 0.5) is 0 Å². The minimum Gasteiger partial charge on any atom is -0.483 e. The van der Waals surface area contributed by atoms with Crippen molar-refractivity contribution < 1.29 is 28.6 Å². The van der Waals surface area contributed by atoms with E-state index in [-0.39, 0.29) is 24.7 Å². The highest BCUT2D eigenvalue weighted by molar-refractivity contribution is 5.89. The molecule has 1 aromatic carbocycles. The zero-order valence-corrected chi connectivity index (χ0v) is 18.4. The molecule has 0 aliphatic heterocycles. The van der Waals surface area contributed by atoms with Gasteiger partial charge in [-0.3, -0.25) is 9.59 Å². The van der Waals surface area contributed by atoms with E-state index in [1.165, 1.54) is 0 Å². The number of rotatable bonds is 8. The number of aryl methyl sites for hydroxylation is 2. The van der Waals surface area contributed by atoms with Crippen LogP contribution >= 0.6 is 0 Å². The number of hydrogen-bond acceptors (Lipinski definition) is 6. The summed E-state index contributed by atoms with van der Waals surface area (Å²) >= 11 is 0. The average Bonchev–Trinajstić information content (AvgIpc) is 2.76. The van der Waals surface area contributed by atoms with Gasteiger partial charge in [0.15, 0.2) is 6.61 Å². The molecular weight excluding hydrogens is 416 g/mol. The Bertz CT molecular complexity index is 1100. The molecule has 0 radical (unpaired) electrons. The molecular formula is C23H28N2O7. The van der Waals surface area contributed by atoms with Gasteiger partial charge in [0.1, 0.15) is 17.4 Å². The molecule has 32 heavy (non-hydrogen) atoms. The summed E-state index contributed by atoms with van der Waals surface area (Å²) in [4.78, 5) is 47.5. The third-order valence-electron chi connectivity index (χ3n) is 5.64. The van der Waals surface area contributed by atoms with E-state index >= 15 is 0 Å². The molecule has 0 saturated heterocycles. The number of nitrogens with one attached hydrogen (secondary N) is 2. The van der Waals surface area contributed by atoms with Gasteiger partial charge in [0.05, 0.1) is 6.54 Å². The molecule has 1 aliphatic rings. The van der Waals surface area contributed by atoms with E-state index in [1.807, 2.05) is 6.07 Å². The summed E-state index contributed by atoms with van der Waals surface area (Å²) in [7, 11) is 0. The summed E-state index contributed by atoms with van der Waals surface area (Å²) in [5.74, 6) is -2.17. The number of aliphatic carboxylic acids is 1. The van der Waals surface area contributed by atoms with Crippen LogP contribution in [0.5, 0.6) is 5.75 Å². The number of ether oxygens (including phenoxy) is 1. The lowest BCUT2D eigenvalue weighted by atomic mass is 9.90. The van der Waals surface area contributed by atoms with Gasteiger partial charge < -0.3 is 24.9 Å². The van der Waals surface area contributed by atoms with Gasteiger partial charge in [-0.25, -0.2) is 9.59 Å². The Morgan fingerprint density at radius 1 is 1.12 bits per heavy atom. The Morgan fingerprint density at radius 3 is 2.47 bits per heavy atom. The van der Waals surface area contributed by atoms with Gasteiger partial charge >= 0.3 is 11.6 Å². The van der Waals surface area contributed by atoms with Gasteiger partial charge in [-0.15, -0.1) is 0 Å². The number of amides is 2. The Labute approximate surface area is 185 Å². The van der Waals surface area contributed by atoms with Crippen molar-refractivity contribution in [3.8, 4) is 5.75 Å². The first-order chi connectivity index (χ1) is 15.2. The van der Waals surface area contributed by atoms with Crippen molar-refractivity contribution in [1.82, 2.24) is 10.6 Å². The SMILES string of the molecule is Cc1c(OCC(=O)NCC(=O)N[C@@H](C(=O)O)C(C)C)ccc2c3c(c(=O)oc12)CCCC3. The normalized spacial score (nSPS) is 14.0. The molecule has 1 aliphatic carbocycles. The van der Waals surface area contributed by atoms with Crippen LogP contribution in [0.25, 0.3) is 11.0 Å². The molecule has 0 bridgehead atoms. The molecule has 1 atom stereocenters. The molecule has 9 nitrogen and oxygen atoms in total. The summed E-state index contributed by atoms with van der Waals surface area (Å²) in [5.41, 5.74) is 2.54. The van der Waals surface area contributed by atoms with Gasteiger partial charge in [0.2, 0.25) is 5.91 Å². The van der Waals surface area contributed by atoms with Crippen molar-refractivity contribution in [3.05, 3.63) is 39.2 Å². The van der Waals surface area contributed by atoms with Crippen molar-refractivity contribution in [3.63, 3.8) is 0 Å². The summed E-state index contributed by atoms with van der Waals surface area (Å²) in [5, 5.41) is 14.8. The molecule has 2 aromatic rings. The maximum absolute atomic E-state index is 12.4. The predicted molar refractivity (Wildman–Crippen MR) is 117 cm³/mol. The van der Waals surface area contributed by atoms with Crippen molar-refractivity contribution in [1.29, 1.82) is 0 Å². The number of carboxylic acid groups (broad SMARTS) is 1. The van der Waals surface area contributed by atoms with E-state index in [0.29, 0.717) is 16.9 Å². The first-order valence-corrected chi connectivity index (χ1v) is 10.7. The number of hydrogen-bond donors (Lipinski definition) is 3. The first-order valence-electron chi connectivity index (χ1n) is 10.7. The summed E-state index contributed by atoms with van der Waals surface area (Å²) in [6, 6.07) is 2.55. The lowest BCUT2D eigenvalue weighted by molar-refractivity contribution is -0.143. The maximum Gasteiger partial charge on any atom is 0.339 e. The van der Waals surface area contributed by atoms with Crippen LogP contribution in [0.15, 0.2) is 21.3 Å². The summed E-state index contributed by atoms with van der Waals surface area (Å²) in [6.07, 6.45) is 3.57. The fourth-order valence-corrected chi connectivity index (χ4v) is 3.89. The highest BCUT2D eigenvalue weighted by atomic mass is 16.5. The third-order valence-corrected chi connectivity index (χ3v) is 5.64. The molecule has 0 spiro atoms. The fourth-order valence-electron chi connectivity index (χ4n) is 3.89. The van der Waals surface area contributed by atoms with Gasteiger partial charge in [-0.05, 0) is 56.2 Å². The monoisotopic (exact) mass is 444 g/mol. The van der Waals surface area contributed by atoms with E-state index in [2.05, 4.69) is 10.6 Å². The van der Waals surface area contributed by atoms with Crippen molar-refractivity contribution in [2.24, 2.45) is 5.92 Å². The number of carboxylic acids is 1. The van der Waals surface area contributed by atoms with Crippen LogP contribution in [-0.4, -0.2) is 42.1 Å². The smallest absolute Gasteiger partial charge is 0.339 e. The lowest BCUT2D eigenvalue weighted by Gasteiger charge is -2.18. The van der Waals surface area contributed by atoms with Crippen molar-refractivity contribution in [2.45, 2.75) is 52.5 Å². The molecule has 0 fully saturated rings. The molecule has 3 rings (SSSR count). The van der Waals surface area contributed by atoms with Crippen LogP contribution in [0.1, 0.15) is 43.4 Å². The molecule has 3 N–H and O–H groups in total. The van der Waals surface area contributed by atoms with Crippen molar-refractivity contribution >= 4 is 28.8 Å². The first kappa shape index (κ1) is 23.3. The molecule has 2 amide bonds. The number of carbonyl (C=O) groups is 3. The van der Waals surface area contributed by atoms with Crippen LogP contribution in [0.2, 0.25) is 0 Å². The second-order valence-electron chi connectivity index (χ2n) is 8.31. The van der Waals surface area contributed by atoms with E-state index in [4.69, 9.17) is 14.3 Å². The quantitative estimate of drug-likeness (QED) is 0.528. The number of carbonyl (C=O) groups excluding carboxylic acids is 2. The van der Waals surface area contributed by atoms with Crippen LogP contribution in [0, 0.1) is 12.8 Å². The van der Waals surface area contributed by atoms with Gasteiger partial charge in [-0.1, -0.05) is 13.8 Å². The van der Waals surface area contributed by atoms with E-state index in [0.717, 1.165) is 42.2 Å². The maximum atomic E-state index is 12.4. The molecule has 1 heterocycles. The molecule has 9 heteroatoms. The number of fused-ring (bicyclic) bond motifs is 3. The molecule has 0 unspecified atom stereocenters. The Kier molecular flexibility index (Phi) is 7.17. The largest absolute Gasteiger partial charge is 0.483 e. The zero-order chi connectivity index (χ0) is 23.4. The minimum atomic E-state index is -1.14. The van der Waals surface area contributed by atoms with Crippen LogP contribution < -0.4 is 21.0 Å². The molecule has 0 saturated carbocycles. The number of benzene rings is 1. The lowest BCUT2D eigenvalue weighted by Crippen LogP contribution is -2.48. The molecule has 1 aromatic heterocycles. The Hall–Kier alpha value is -3.36. The predicted octanol–water partition coefficient (Wildman–Crippen LogP) is 1.70. The third kappa shape index (κ3) is 5.09. The highest BCUT2D eigenvalue weighted by Gasteiger charge is 2.23. The Balaban J connectivity index is 1.62. The average molecular weight is 444 g/mol.